The zero-order valence-electron chi connectivity index (χ0n) is 7.54. The van der Waals surface area contributed by atoms with Gasteiger partial charge in [0, 0.05) is 5.56 Å². The van der Waals surface area contributed by atoms with Crippen LogP contribution in [0.3, 0.4) is 0 Å². The van der Waals surface area contributed by atoms with Crippen molar-refractivity contribution >= 4 is 5.97 Å². The second-order valence-corrected chi connectivity index (χ2v) is 2.64. The van der Waals surface area contributed by atoms with Crippen LogP contribution in [0.2, 0.25) is 0 Å². The molecule has 1 rings (SSSR count). The first-order valence-corrected chi connectivity index (χ1v) is 3.93. The quantitative estimate of drug-likeness (QED) is 0.541. The SMILES string of the molecule is Cc1nc(F)ccc1C#CCC(=O)O. The van der Waals surface area contributed by atoms with Crippen molar-refractivity contribution in [2.75, 3.05) is 0 Å². The number of hydrogen-bond acceptors (Lipinski definition) is 2. The number of rotatable bonds is 1. The molecule has 72 valence electrons. The summed E-state index contributed by atoms with van der Waals surface area (Å²) in [7, 11) is 0. The van der Waals surface area contributed by atoms with Gasteiger partial charge in [0.1, 0.15) is 6.42 Å². The third kappa shape index (κ3) is 2.87. The lowest BCUT2D eigenvalue weighted by molar-refractivity contribution is -0.135. The van der Waals surface area contributed by atoms with E-state index in [1.54, 1.807) is 6.92 Å². The summed E-state index contributed by atoms with van der Waals surface area (Å²) in [6, 6.07) is 2.67. The molecule has 0 atom stereocenters. The molecule has 0 amide bonds. The Kier molecular flexibility index (Phi) is 3.19. The predicted molar refractivity (Wildman–Crippen MR) is 48.1 cm³/mol. The molecule has 14 heavy (non-hydrogen) atoms. The van der Waals surface area contributed by atoms with Gasteiger partial charge < -0.3 is 5.11 Å². The molecule has 0 aliphatic heterocycles. The minimum absolute atomic E-state index is 0.225. The number of aliphatic carboxylic acids is 1. The monoisotopic (exact) mass is 193 g/mol. The Bertz CT molecular complexity index is 418. The molecule has 0 unspecified atom stereocenters. The molecule has 0 spiro atoms. The number of nitrogens with zero attached hydrogens (tertiary/aromatic N) is 1. The summed E-state index contributed by atoms with van der Waals surface area (Å²) in [4.78, 5) is 13.7. The molecule has 3 nitrogen and oxygen atoms in total. The van der Waals surface area contributed by atoms with Crippen molar-refractivity contribution in [1.29, 1.82) is 0 Å². The average molecular weight is 193 g/mol. The molecule has 0 radical (unpaired) electrons. The first-order chi connectivity index (χ1) is 6.59. The minimum atomic E-state index is -0.981. The van der Waals surface area contributed by atoms with E-state index >= 15 is 0 Å². The lowest BCUT2D eigenvalue weighted by Crippen LogP contribution is -1.92. The van der Waals surface area contributed by atoms with Crippen LogP contribution in [0.15, 0.2) is 12.1 Å². The number of carbonyl (C=O) groups is 1. The summed E-state index contributed by atoms with van der Waals surface area (Å²) in [5.74, 6) is 3.52. The molecule has 0 saturated carbocycles. The maximum absolute atomic E-state index is 12.5. The molecule has 1 N–H and O–H groups in total. The van der Waals surface area contributed by atoms with E-state index in [2.05, 4.69) is 16.8 Å². The highest BCUT2D eigenvalue weighted by Gasteiger charge is 1.97. The van der Waals surface area contributed by atoms with Crippen LogP contribution in [0.1, 0.15) is 17.7 Å². The molecular formula is C10H8FNO2. The summed E-state index contributed by atoms with van der Waals surface area (Å²) in [6.45, 7) is 1.62. The van der Waals surface area contributed by atoms with Crippen LogP contribution < -0.4 is 0 Å². The van der Waals surface area contributed by atoms with Crippen LogP contribution in [0, 0.1) is 24.7 Å². The molecule has 1 aromatic heterocycles. The van der Waals surface area contributed by atoms with Gasteiger partial charge in [-0.1, -0.05) is 11.8 Å². The van der Waals surface area contributed by atoms with Gasteiger partial charge in [0.05, 0.1) is 5.69 Å². The topological polar surface area (TPSA) is 50.2 Å². The van der Waals surface area contributed by atoms with Crippen LogP contribution in [0.25, 0.3) is 0 Å². The largest absolute Gasteiger partial charge is 0.481 e. The first kappa shape index (κ1) is 10.2. The molecule has 0 bridgehead atoms. The van der Waals surface area contributed by atoms with Crippen LogP contribution >= 0.6 is 0 Å². The molecule has 0 aliphatic carbocycles. The van der Waals surface area contributed by atoms with Crippen LogP contribution in [0.5, 0.6) is 0 Å². The van der Waals surface area contributed by atoms with Gasteiger partial charge in [0.2, 0.25) is 5.95 Å². The van der Waals surface area contributed by atoms with E-state index in [4.69, 9.17) is 5.11 Å². The van der Waals surface area contributed by atoms with Crippen molar-refractivity contribution < 1.29 is 14.3 Å². The molecule has 4 heteroatoms. The molecular weight excluding hydrogens is 185 g/mol. The Balaban J connectivity index is 2.85. The Morgan fingerprint density at radius 1 is 1.64 bits per heavy atom. The number of hydrogen-bond donors (Lipinski definition) is 1. The number of aromatic nitrogens is 1. The number of aryl methyl sites for hydroxylation is 1. The standard InChI is InChI=1S/C10H8FNO2/c1-7-8(3-2-4-10(13)14)5-6-9(11)12-7/h5-6H,4H2,1H3,(H,13,14). The van der Waals surface area contributed by atoms with Crippen LogP contribution in [-0.4, -0.2) is 16.1 Å². The van der Waals surface area contributed by atoms with E-state index in [9.17, 15) is 9.18 Å². The van der Waals surface area contributed by atoms with Gasteiger partial charge in [-0.2, -0.15) is 4.39 Å². The van der Waals surface area contributed by atoms with E-state index in [0.717, 1.165) is 0 Å². The Labute approximate surface area is 80.6 Å². The molecule has 1 aromatic rings. The molecule has 1 heterocycles. The minimum Gasteiger partial charge on any atom is -0.481 e. The third-order valence-electron chi connectivity index (χ3n) is 1.51. The Morgan fingerprint density at radius 2 is 2.36 bits per heavy atom. The lowest BCUT2D eigenvalue weighted by atomic mass is 10.2. The van der Waals surface area contributed by atoms with Crippen molar-refractivity contribution in [2.24, 2.45) is 0 Å². The predicted octanol–water partition coefficient (Wildman–Crippen LogP) is 1.36. The van der Waals surface area contributed by atoms with Crippen molar-refractivity contribution in [3.05, 3.63) is 29.3 Å². The molecule has 0 aliphatic rings. The van der Waals surface area contributed by atoms with Gasteiger partial charge >= 0.3 is 5.97 Å². The lowest BCUT2D eigenvalue weighted by Gasteiger charge is -1.95. The van der Waals surface area contributed by atoms with Gasteiger partial charge in [-0.15, -0.1) is 0 Å². The Morgan fingerprint density at radius 3 is 2.93 bits per heavy atom. The van der Waals surface area contributed by atoms with E-state index in [-0.39, 0.29) is 6.42 Å². The summed E-state index contributed by atoms with van der Waals surface area (Å²) in [5.41, 5.74) is 1.01. The summed E-state index contributed by atoms with van der Waals surface area (Å²) < 4.78 is 12.5. The highest BCUT2D eigenvalue weighted by Crippen LogP contribution is 2.03. The van der Waals surface area contributed by atoms with E-state index < -0.39 is 11.9 Å². The number of pyridine rings is 1. The third-order valence-corrected chi connectivity index (χ3v) is 1.51. The normalized spacial score (nSPS) is 9.00. The van der Waals surface area contributed by atoms with Crippen molar-refractivity contribution in [3.63, 3.8) is 0 Å². The van der Waals surface area contributed by atoms with Gasteiger partial charge in [-0.25, -0.2) is 4.98 Å². The smallest absolute Gasteiger partial charge is 0.315 e. The number of halogens is 1. The zero-order chi connectivity index (χ0) is 10.6. The highest BCUT2D eigenvalue weighted by atomic mass is 19.1. The average Bonchev–Trinajstić information content (AvgIpc) is 2.08. The van der Waals surface area contributed by atoms with Crippen molar-refractivity contribution in [2.45, 2.75) is 13.3 Å². The van der Waals surface area contributed by atoms with E-state index in [0.29, 0.717) is 11.3 Å². The summed E-state index contributed by atoms with van der Waals surface area (Å²) in [5, 5.41) is 8.33. The first-order valence-electron chi connectivity index (χ1n) is 3.93. The molecule has 0 fully saturated rings. The molecule has 0 aromatic carbocycles. The Hall–Kier alpha value is -1.89. The second-order valence-electron chi connectivity index (χ2n) is 2.64. The van der Waals surface area contributed by atoms with Crippen LogP contribution in [-0.2, 0) is 4.79 Å². The summed E-state index contributed by atoms with van der Waals surface area (Å²) in [6.07, 6.45) is -0.225. The molecule has 0 saturated heterocycles. The second kappa shape index (κ2) is 4.38. The zero-order valence-corrected chi connectivity index (χ0v) is 7.54. The van der Waals surface area contributed by atoms with Crippen LogP contribution in [0.4, 0.5) is 4.39 Å². The fourth-order valence-corrected chi connectivity index (χ4v) is 0.878. The van der Waals surface area contributed by atoms with Gasteiger partial charge in [-0.3, -0.25) is 4.79 Å². The maximum atomic E-state index is 12.5. The van der Waals surface area contributed by atoms with E-state index in [1.807, 2.05) is 0 Å². The van der Waals surface area contributed by atoms with Gasteiger partial charge in [-0.05, 0) is 19.1 Å². The number of carboxylic acid groups (broad SMARTS) is 1. The maximum Gasteiger partial charge on any atom is 0.315 e. The summed E-state index contributed by atoms with van der Waals surface area (Å²) >= 11 is 0. The van der Waals surface area contributed by atoms with E-state index in [1.165, 1.54) is 12.1 Å². The number of carboxylic acids is 1. The fourth-order valence-electron chi connectivity index (χ4n) is 0.878. The highest BCUT2D eigenvalue weighted by molar-refractivity contribution is 5.70. The van der Waals surface area contributed by atoms with Crippen molar-refractivity contribution in [3.8, 4) is 11.8 Å². The van der Waals surface area contributed by atoms with Crippen molar-refractivity contribution in [1.82, 2.24) is 4.98 Å². The fraction of sp³-hybridized carbons (Fsp3) is 0.200. The van der Waals surface area contributed by atoms with Gasteiger partial charge in [0.25, 0.3) is 0 Å². The van der Waals surface area contributed by atoms with Gasteiger partial charge in [0.15, 0.2) is 0 Å².